The minimum atomic E-state index is -0.874. The van der Waals surface area contributed by atoms with Gasteiger partial charge in [0.1, 0.15) is 5.82 Å². The number of anilines is 2. The lowest BCUT2D eigenvalue weighted by molar-refractivity contribution is -0.137. The second kappa shape index (κ2) is 9.68. The van der Waals surface area contributed by atoms with E-state index in [1.165, 1.54) is 0 Å². The average molecular weight is 453 g/mol. The molecule has 2 aromatic heterocycles. The topological polar surface area (TPSA) is 134 Å². The molecule has 1 aliphatic rings. The fourth-order valence-corrected chi connectivity index (χ4v) is 3.81. The van der Waals surface area contributed by atoms with Gasteiger partial charge in [0.25, 0.3) is 0 Å². The number of aromatic nitrogens is 3. The molecule has 0 amide bonds. The molecule has 0 radical (unpaired) electrons. The van der Waals surface area contributed by atoms with Gasteiger partial charge in [0, 0.05) is 38.2 Å². The van der Waals surface area contributed by atoms with Crippen LogP contribution in [0.1, 0.15) is 29.3 Å². The molecule has 3 heterocycles. The molecular formula is C23H27N5O5. The summed E-state index contributed by atoms with van der Waals surface area (Å²) >= 11 is 0. The van der Waals surface area contributed by atoms with Gasteiger partial charge in [0.2, 0.25) is 12.7 Å². The smallest absolute Gasteiger partial charge is 0.303 e. The quantitative estimate of drug-likeness (QED) is 0.423. The predicted molar refractivity (Wildman–Crippen MR) is 122 cm³/mol. The lowest BCUT2D eigenvalue weighted by Gasteiger charge is -2.14. The summed E-state index contributed by atoms with van der Waals surface area (Å²) in [5, 5.41) is 16.9. The van der Waals surface area contributed by atoms with Crippen LogP contribution in [0.4, 0.5) is 11.5 Å². The largest absolute Gasteiger partial charge is 0.481 e. The Morgan fingerprint density at radius 3 is 2.82 bits per heavy atom. The number of nitrogens with two attached hydrogens (primary N) is 1. The average Bonchev–Trinajstić information content (AvgIpc) is 3.39. The second-order valence-electron chi connectivity index (χ2n) is 7.79. The number of nitrogen functional groups attached to an aromatic ring is 1. The number of pyridine rings is 1. The number of nitrogens with one attached hydrogen (secondary N) is 1. The Morgan fingerprint density at radius 1 is 1.24 bits per heavy atom. The van der Waals surface area contributed by atoms with Crippen LogP contribution in [-0.2, 0) is 24.7 Å². The molecule has 3 aromatic rings. The number of nitrogens with zero attached hydrogens (tertiary/aromatic N) is 3. The maximum atomic E-state index is 11.5. The van der Waals surface area contributed by atoms with E-state index >= 15 is 0 Å². The number of hydrogen-bond acceptors (Lipinski definition) is 8. The van der Waals surface area contributed by atoms with E-state index in [0.717, 1.165) is 22.6 Å². The number of carboxylic acids is 1. The molecule has 1 unspecified atom stereocenters. The Kier molecular flexibility index (Phi) is 6.53. The van der Waals surface area contributed by atoms with Crippen molar-refractivity contribution >= 4 is 17.5 Å². The van der Waals surface area contributed by atoms with Crippen molar-refractivity contribution in [3.05, 3.63) is 53.3 Å². The highest BCUT2D eigenvalue weighted by Gasteiger charge is 2.22. The van der Waals surface area contributed by atoms with Crippen molar-refractivity contribution in [3.8, 4) is 17.4 Å². The van der Waals surface area contributed by atoms with Crippen molar-refractivity contribution in [1.82, 2.24) is 14.8 Å². The van der Waals surface area contributed by atoms with E-state index in [0.29, 0.717) is 42.6 Å². The summed E-state index contributed by atoms with van der Waals surface area (Å²) in [7, 11) is 3.59. The van der Waals surface area contributed by atoms with Crippen LogP contribution < -0.4 is 25.3 Å². The molecule has 174 valence electrons. The third kappa shape index (κ3) is 5.28. The van der Waals surface area contributed by atoms with Crippen molar-refractivity contribution in [3.63, 3.8) is 0 Å². The van der Waals surface area contributed by atoms with E-state index in [1.54, 1.807) is 18.8 Å². The van der Waals surface area contributed by atoms with Gasteiger partial charge in [-0.2, -0.15) is 5.10 Å². The van der Waals surface area contributed by atoms with E-state index in [-0.39, 0.29) is 19.1 Å². The first-order valence-corrected chi connectivity index (χ1v) is 10.6. The Labute approximate surface area is 191 Å². The lowest BCUT2D eigenvalue weighted by atomic mass is 9.91. The lowest BCUT2D eigenvalue weighted by Crippen LogP contribution is -2.10. The first-order valence-electron chi connectivity index (χ1n) is 10.6. The number of aliphatic carboxylic acids is 1. The number of carbonyl (C=O) groups is 1. The van der Waals surface area contributed by atoms with Crippen LogP contribution in [0.3, 0.4) is 0 Å². The van der Waals surface area contributed by atoms with Crippen molar-refractivity contribution in [1.29, 1.82) is 0 Å². The van der Waals surface area contributed by atoms with Crippen molar-refractivity contribution in [2.24, 2.45) is 7.05 Å². The third-order valence-electron chi connectivity index (χ3n) is 5.49. The molecule has 33 heavy (non-hydrogen) atoms. The Bertz CT molecular complexity index is 1150. The summed E-state index contributed by atoms with van der Waals surface area (Å²) in [5.41, 5.74) is 9.15. The summed E-state index contributed by atoms with van der Waals surface area (Å²) in [5.74, 6) is 1.21. The van der Waals surface area contributed by atoms with Gasteiger partial charge >= 0.3 is 5.97 Å². The molecule has 0 saturated carbocycles. The van der Waals surface area contributed by atoms with Crippen LogP contribution in [0.5, 0.6) is 17.4 Å². The number of rotatable bonds is 10. The molecule has 0 saturated heterocycles. The van der Waals surface area contributed by atoms with E-state index in [4.69, 9.17) is 19.9 Å². The monoisotopic (exact) mass is 453 g/mol. The van der Waals surface area contributed by atoms with Crippen LogP contribution in [0.25, 0.3) is 0 Å². The summed E-state index contributed by atoms with van der Waals surface area (Å²) < 4.78 is 18.3. The van der Waals surface area contributed by atoms with Crippen LogP contribution in [0.2, 0.25) is 0 Å². The van der Waals surface area contributed by atoms with Gasteiger partial charge in [-0.1, -0.05) is 6.07 Å². The Morgan fingerprint density at radius 2 is 2.06 bits per heavy atom. The Hall–Kier alpha value is -3.95. The van der Waals surface area contributed by atoms with E-state index in [9.17, 15) is 9.90 Å². The zero-order chi connectivity index (χ0) is 23.4. The normalized spacial score (nSPS) is 13.0. The first-order chi connectivity index (χ1) is 15.9. The molecule has 0 aliphatic carbocycles. The van der Waals surface area contributed by atoms with Crippen molar-refractivity contribution in [2.45, 2.75) is 25.2 Å². The molecule has 1 aliphatic heterocycles. The van der Waals surface area contributed by atoms with Gasteiger partial charge in [0.05, 0.1) is 24.4 Å². The summed E-state index contributed by atoms with van der Waals surface area (Å²) in [4.78, 5) is 15.9. The molecule has 4 N–H and O–H groups in total. The van der Waals surface area contributed by atoms with Crippen LogP contribution in [-0.4, -0.2) is 46.3 Å². The zero-order valence-corrected chi connectivity index (χ0v) is 18.6. The fourth-order valence-electron chi connectivity index (χ4n) is 3.81. The molecule has 10 nitrogen and oxygen atoms in total. The highest BCUT2D eigenvalue weighted by Crippen LogP contribution is 2.36. The summed E-state index contributed by atoms with van der Waals surface area (Å²) in [6.07, 6.45) is 1.02. The second-order valence-corrected chi connectivity index (χ2v) is 7.79. The van der Waals surface area contributed by atoms with Crippen LogP contribution in [0.15, 0.2) is 36.4 Å². The SMILES string of the molecule is CNc1ccc(CCOc2cc(CC(CC(=O)O)c3ccc4c(c3)OCO4)nn2C)nc1N. The molecule has 1 atom stereocenters. The number of ether oxygens (including phenoxy) is 3. The van der Waals surface area contributed by atoms with Gasteiger partial charge in [0.15, 0.2) is 11.5 Å². The predicted octanol–water partition coefficient (Wildman–Crippen LogP) is 2.59. The molecular weight excluding hydrogens is 426 g/mol. The van der Waals surface area contributed by atoms with E-state index < -0.39 is 5.97 Å². The zero-order valence-electron chi connectivity index (χ0n) is 18.6. The number of carboxylic acid groups (broad SMARTS) is 1. The van der Waals surface area contributed by atoms with Crippen LogP contribution in [0, 0.1) is 0 Å². The highest BCUT2D eigenvalue weighted by molar-refractivity contribution is 5.68. The third-order valence-corrected chi connectivity index (χ3v) is 5.49. The van der Waals surface area contributed by atoms with E-state index in [1.807, 2.05) is 36.4 Å². The van der Waals surface area contributed by atoms with Gasteiger partial charge in [-0.3, -0.25) is 4.79 Å². The maximum Gasteiger partial charge on any atom is 0.303 e. The number of aryl methyl sites for hydroxylation is 1. The Balaban J connectivity index is 1.41. The molecule has 10 heteroatoms. The molecule has 0 fully saturated rings. The van der Waals surface area contributed by atoms with Crippen molar-refractivity contribution < 1.29 is 24.1 Å². The maximum absolute atomic E-state index is 11.5. The molecule has 0 bridgehead atoms. The summed E-state index contributed by atoms with van der Waals surface area (Å²) in [6, 6.07) is 11.2. The molecule has 4 rings (SSSR count). The van der Waals surface area contributed by atoms with Gasteiger partial charge in [-0.15, -0.1) is 0 Å². The van der Waals surface area contributed by atoms with Crippen LogP contribution >= 0.6 is 0 Å². The minimum absolute atomic E-state index is 0.0257. The van der Waals surface area contributed by atoms with E-state index in [2.05, 4.69) is 15.4 Å². The van der Waals surface area contributed by atoms with Gasteiger partial charge < -0.3 is 30.4 Å². The van der Waals surface area contributed by atoms with Gasteiger partial charge in [-0.05, 0) is 36.2 Å². The number of benzene rings is 1. The highest BCUT2D eigenvalue weighted by atomic mass is 16.7. The summed E-state index contributed by atoms with van der Waals surface area (Å²) in [6.45, 7) is 0.579. The minimum Gasteiger partial charge on any atom is -0.481 e. The number of fused-ring (bicyclic) bond motifs is 1. The number of hydrogen-bond donors (Lipinski definition) is 3. The standard InChI is InChI=1S/C23H27N5O5/c1-25-18-5-4-16(26-23(18)24)7-8-31-21-12-17(27-28(21)2)9-15(11-22(29)30)14-3-6-19-20(10-14)33-13-32-19/h3-6,10,12,15,25H,7-9,11,13H2,1-2H3,(H2,24,26)(H,29,30). The fraction of sp³-hybridized carbons (Fsp3) is 0.348. The van der Waals surface area contributed by atoms with Crippen molar-refractivity contribution in [2.75, 3.05) is 31.5 Å². The first kappa shape index (κ1) is 22.3. The van der Waals surface area contributed by atoms with Gasteiger partial charge in [-0.25, -0.2) is 9.67 Å². The molecule has 1 aromatic carbocycles. The molecule has 0 spiro atoms.